The molecule has 1 aliphatic rings. The van der Waals surface area contributed by atoms with Gasteiger partial charge in [-0.25, -0.2) is 0 Å². The van der Waals surface area contributed by atoms with Gasteiger partial charge in [-0.2, -0.15) is 0 Å². The maximum absolute atomic E-state index is 12.4. The summed E-state index contributed by atoms with van der Waals surface area (Å²) in [7, 11) is 1.95. The lowest BCUT2D eigenvalue weighted by Gasteiger charge is -2.24. The van der Waals surface area contributed by atoms with E-state index >= 15 is 0 Å². The second-order valence-electron chi connectivity index (χ2n) is 5.87. The Hall–Kier alpha value is -1.35. The van der Waals surface area contributed by atoms with Gasteiger partial charge in [0.2, 0.25) is 5.91 Å². The largest absolute Gasteiger partial charge is 0.338 e. The van der Waals surface area contributed by atoms with E-state index in [1.165, 1.54) is 16.7 Å². The van der Waals surface area contributed by atoms with Gasteiger partial charge in [-0.3, -0.25) is 4.79 Å². The van der Waals surface area contributed by atoms with Crippen LogP contribution < -0.4 is 5.32 Å². The predicted molar refractivity (Wildman–Crippen MR) is 82.9 cm³/mol. The number of aryl methyl sites for hydroxylation is 3. The quantitative estimate of drug-likeness (QED) is 0.894. The SMILES string of the molecule is CNC[C@H]1CCCN1C(=O)CCc1ccc(C)cc1C. The van der Waals surface area contributed by atoms with Gasteiger partial charge in [0.15, 0.2) is 0 Å². The van der Waals surface area contributed by atoms with Gasteiger partial charge in [-0.05, 0) is 51.3 Å². The molecule has 0 radical (unpaired) electrons. The fourth-order valence-electron chi connectivity index (χ4n) is 3.12. The van der Waals surface area contributed by atoms with Crippen molar-refractivity contribution in [2.45, 2.75) is 45.6 Å². The molecule has 1 N–H and O–H groups in total. The van der Waals surface area contributed by atoms with Crippen molar-refractivity contribution in [2.75, 3.05) is 20.1 Å². The van der Waals surface area contributed by atoms with E-state index in [4.69, 9.17) is 0 Å². The van der Waals surface area contributed by atoms with E-state index in [2.05, 4.69) is 42.3 Å². The number of hydrogen-bond donors (Lipinski definition) is 1. The Morgan fingerprint density at radius 1 is 1.40 bits per heavy atom. The van der Waals surface area contributed by atoms with Gasteiger partial charge in [-0.15, -0.1) is 0 Å². The third-order valence-corrected chi connectivity index (χ3v) is 4.24. The summed E-state index contributed by atoms with van der Waals surface area (Å²) in [5.74, 6) is 0.308. The van der Waals surface area contributed by atoms with E-state index in [0.29, 0.717) is 18.4 Å². The molecule has 0 unspecified atom stereocenters. The first kappa shape index (κ1) is 15.0. The van der Waals surface area contributed by atoms with E-state index in [9.17, 15) is 4.79 Å². The summed E-state index contributed by atoms with van der Waals surface area (Å²) in [5.41, 5.74) is 3.88. The Bertz CT molecular complexity index is 470. The Morgan fingerprint density at radius 3 is 2.90 bits per heavy atom. The van der Waals surface area contributed by atoms with Crippen LogP contribution in [0.15, 0.2) is 18.2 Å². The van der Waals surface area contributed by atoms with Crippen molar-refractivity contribution in [3.05, 3.63) is 34.9 Å². The molecule has 0 aliphatic carbocycles. The highest BCUT2D eigenvalue weighted by Crippen LogP contribution is 2.19. The van der Waals surface area contributed by atoms with E-state index in [0.717, 1.165) is 32.4 Å². The van der Waals surface area contributed by atoms with Gasteiger partial charge < -0.3 is 10.2 Å². The number of rotatable bonds is 5. The van der Waals surface area contributed by atoms with E-state index in [1.54, 1.807) is 0 Å². The molecule has 0 bridgehead atoms. The van der Waals surface area contributed by atoms with Crippen molar-refractivity contribution >= 4 is 5.91 Å². The molecule has 1 heterocycles. The summed E-state index contributed by atoms with van der Waals surface area (Å²) >= 11 is 0. The number of nitrogens with zero attached hydrogens (tertiary/aromatic N) is 1. The molecule has 0 spiro atoms. The lowest BCUT2D eigenvalue weighted by molar-refractivity contribution is -0.131. The Morgan fingerprint density at radius 2 is 2.20 bits per heavy atom. The van der Waals surface area contributed by atoms with Crippen molar-refractivity contribution in [1.29, 1.82) is 0 Å². The first-order valence-electron chi connectivity index (χ1n) is 7.62. The maximum Gasteiger partial charge on any atom is 0.223 e. The molecule has 2 rings (SSSR count). The van der Waals surface area contributed by atoms with Crippen LogP contribution in [-0.4, -0.2) is 37.0 Å². The number of carbonyl (C=O) groups excluding carboxylic acids is 1. The van der Waals surface area contributed by atoms with E-state index in [1.807, 2.05) is 7.05 Å². The van der Waals surface area contributed by atoms with Crippen LogP contribution in [0.5, 0.6) is 0 Å². The number of likely N-dealkylation sites (N-methyl/N-ethyl adjacent to an activating group) is 1. The van der Waals surface area contributed by atoms with Gasteiger partial charge in [-0.1, -0.05) is 23.8 Å². The minimum atomic E-state index is 0.308. The van der Waals surface area contributed by atoms with Crippen LogP contribution in [0, 0.1) is 13.8 Å². The van der Waals surface area contributed by atoms with E-state index < -0.39 is 0 Å². The second kappa shape index (κ2) is 6.89. The maximum atomic E-state index is 12.4. The Labute approximate surface area is 122 Å². The van der Waals surface area contributed by atoms with Gasteiger partial charge >= 0.3 is 0 Å². The monoisotopic (exact) mass is 274 g/mol. The van der Waals surface area contributed by atoms with Gasteiger partial charge in [0.05, 0.1) is 0 Å². The van der Waals surface area contributed by atoms with Crippen LogP contribution in [0.2, 0.25) is 0 Å². The smallest absolute Gasteiger partial charge is 0.223 e. The topological polar surface area (TPSA) is 32.3 Å². The lowest BCUT2D eigenvalue weighted by atomic mass is 10.0. The summed E-state index contributed by atoms with van der Waals surface area (Å²) in [6, 6.07) is 6.88. The zero-order chi connectivity index (χ0) is 14.5. The van der Waals surface area contributed by atoms with Crippen molar-refractivity contribution in [2.24, 2.45) is 0 Å². The highest BCUT2D eigenvalue weighted by Gasteiger charge is 2.27. The van der Waals surface area contributed by atoms with Gasteiger partial charge in [0.25, 0.3) is 0 Å². The average molecular weight is 274 g/mol. The number of carbonyl (C=O) groups is 1. The summed E-state index contributed by atoms with van der Waals surface area (Å²) in [6.07, 6.45) is 3.76. The van der Waals surface area contributed by atoms with Crippen LogP contribution in [0.3, 0.4) is 0 Å². The molecule has 0 saturated carbocycles. The van der Waals surface area contributed by atoms with Crippen molar-refractivity contribution < 1.29 is 4.79 Å². The molecule has 1 fully saturated rings. The zero-order valence-corrected chi connectivity index (χ0v) is 12.9. The zero-order valence-electron chi connectivity index (χ0n) is 12.9. The molecule has 0 aromatic heterocycles. The van der Waals surface area contributed by atoms with Crippen LogP contribution >= 0.6 is 0 Å². The van der Waals surface area contributed by atoms with Crippen LogP contribution in [0.1, 0.15) is 36.0 Å². The van der Waals surface area contributed by atoms with Crippen molar-refractivity contribution in [3.63, 3.8) is 0 Å². The second-order valence-corrected chi connectivity index (χ2v) is 5.87. The first-order valence-corrected chi connectivity index (χ1v) is 7.62. The summed E-state index contributed by atoms with van der Waals surface area (Å²) in [4.78, 5) is 14.4. The third-order valence-electron chi connectivity index (χ3n) is 4.24. The minimum Gasteiger partial charge on any atom is -0.338 e. The Kier molecular flexibility index (Phi) is 5.18. The standard InChI is InChI=1S/C17H26N2O/c1-13-6-7-15(14(2)11-13)8-9-17(20)19-10-4-5-16(19)12-18-3/h6-7,11,16,18H,4-5,8-10,12H2,1-3H3/t16-/m1/s1. The molecule has 1 atom stereocenters. The van der Waals surface area contributed by atoms with Crippen LogP contribution in [0.4, 0.5) is 0 Å². The molecule has 1 aromatic carbocycles. The molecule has 3 nitrogen and oxygen atoms in total. The van der Waals surface area contributed by atoms with E-state index in [-0.39, 0.29) is 0 Å². The first-order chi connectivity index (χ1) is 9.61. The highest BCUT2D eigenvalue weighted by molar-refractivity contribution is 5.77. The summed E-state index contributed by atoms with van der Waals surface area (Å²) in [5, 5.41) is 3.19. The Balaban J connectivity index is 1.91. The summed E-state index contributed by atoms with van der Waals surface area (Å²) in [6.45, 7) is 6.08. The van der Waals surface area contributed by atoms with Crippen molar-refractivity contribution in [3.8, 4) is 0 Å². The highest BCUT2D eigenvalue weighted by atomic mass is 16.2. The molecule has 1 saturated heterocycles. The number of nitrogens with one attached hydrogen (secondary N) is 1. The molecule has 110 valence electrons. The van der Waals surface area contributed by atoms with Gasteiger partial charge in [0, 0.05) is 25.6 Å². The third kappa shape index (κ3) is 3.60. The number of likely N-dealkylation sites (tertiary alicyclic amines) is 1. The molecule has 1 aromatic rings. The van der Waals surface area contributed by atoms with Crippen molar-refractivity contribution in [1.82, 2.24) is 10.2 Å². The lowest BCUT2D eigenvalue weighted by Crippen LogP contribution is -2.40. The summed E-state index contributed by atoms with van der Waals surface area (Å²) < 4.78 is 0. The van der Waals surface area contributed by atoms with Crippen LogP contribution in [0.25, 0.3) is 0 Å². The number of amides is 1. The predicted octanol–water partition coefficient (Wildman–Crippen LogP) is 2.45. The normalized spacial score (nSPS) is 18.6. The molecular formula is C17H26N2O. The average Bonchev–Trinajstić information content (AvgIpc) is 2.86. The van der Waals surface area contributed by atoms with Crippen LogP contribution in [-0.2, 0) is 11.2 Å². The van der Waals surface area contributed by atoms with Gasteiger partial charge in [0.1, 0.15) is 0 Å². The molecule has 1 amide bonds. The number of benzene rings is 1. The fraction of sp³-hybridized carbons (Fsp3) is 0.588. The molecule has 3 heteroatoms. The molecular weight excluding hydrogens is 248 g/mol. The molecule has 20 heavy (non-hydrogen) atoms. The number of hydrogen-bond acceptors (Lipinski definition) is 2. The fourth-order valence-corrected chi connectivity index (χ4v) is 3.12. The molecule has 1 aliphatic heterocycles. The minimum absolute atomic E-state index is 0.308.